The number of rotatable bonds is 7. The van der Waals surface area contributed by atoms with Crippen molar-refractivity contribution in [2.75, 3.05) is 26.7 Å². The van der Waals surface area contributed by atoms with Gasteiger partial charge >= 0.3 is 0 Å². The van der Waals surface area contributed by atoms with E-state index in [-0.39, 0.29) is 6.04 Å². The normalized spacial score (nSPS) is 19.0. The maximum absolute atomic E-state index is 5.33. The summed E-state index contributed by atoms with van der Waals surface area (Å²) >= 11 is 0. The van der Waals surface area contributed by atoms with E-state index in [9.17, 15) is 0 Å². The Labute approximate surface area is 172 Å². The van der Waals surface area contributed by atoms with Gasteiger partial charge in [0.15, 0.2) is 0 Å². The number of hydrogen-bond acceptors (Lipinski definition) is 6. The SMILES string of the molecule is COc1ccc2cc(C3NNCC3CNCCc3nc(C)cc(C)n3)ccc2c1. The number of aryl methyl sites for hydroxylation is 2. The van der Waals surface area contributed by atoms with Gasteiger partial charge in [-0.3, -0.25) is 5.43 Å². The van der Waals surface area contributed by atoms with Crippen molar-refractivity contribution in [1.82, 2.24) is 26.1 Å². The molecule has 2 heterocycles. The summed E-state index contributed by atoms with van der Waals surface area (Å²) in [5.41, 5.74) is 10.1. The number of aromatic nitrogens is 2. The first-order valence-corrected chi connectivity index (χ1v) is 10.2. The molecule has 1 aliphatic rings. The van der Waals surface area contributed by atoms with Gasteiger partial charge in [0.25, 0.3) is 0 Å². The van der Waals surface area contributed by atoms with Gasteiger partial charge in [-0.05, 0) is 54.4 Å². The predicted octanol–water partition coefficient (Wildman–Crippen LogP) is 2.85. The summed E-state index contributed by atoms with van der Waals surface area (Å²) in [5, 5.41) is 6.02. The topological polar surface area (TPSA) is 71.1 Å². The number of nitrogens with one attached hydrogen (secondary N) is 3. The molecule has 1 aliphatic heterocycles. The van der Waals surface area contributed by atoms with Crippen LogP contribution in [0.5, 0.6) is 5.75 Å². The zero-order chi connectivity index (χ0) is 20.2. The van der Waals surface area contributed by atoms with Gasteiger partial charge in [-0.15, -0.1) is 0 Å². The fourth-order valence-corrected chi connectivity index (χ4v) is 4.04. The van der Waals surface area contributed by atoms with Crippen LogP contribution in [0, 0.1) is 19.8 Å². The van der Waals surface area contributed by atoms with Crippen molar-refractivity contribution in [2.24, 2.45) is 5.92 Å². The molecule has 0 spiro atoms. The van der Waals surface area contributed by atoms with E-state index in [4.69, 9.17) is 4.74 Å². The van der Waals surface area contributed by atoms with Crippen LogP contribution in [0.25, 0.3) is 10.8 Å². The van der Waals surface area contributed by atoms with Gasteiger partial charge in [0, 0.05) is 43.4 Å². The number of methoxy groups -OCH3 is 1. The van der Waals surface area contributed by atoms with E-state index < -0.39 is 0 Å². The first-order valence-electron chi connectivity index (χ1n) is 10.2. The smallest absolute Gasteiger partial charge is 0.130 e. The molecular weight excluding hydrogens is 362 g/mol. The lowest BCUT2D eigenvalue weighted by Gasteiger charge is -2.20. The molecule has 1 fully saturated rings. The van der Waals surface area contributed by atoms with Crippen molar-refractivity contribution in [3.63, 3.8) is 0 Å². The van der Waals surface area contributed by atoms with Gasteiger partial charge in [0.1, 0.15) is 11.6 Å². The molecule has 1 saturated heterocycles. The summed E-state index contributed by atoms with van der Waals surface area (Å²) in [5.74, 6) is 2.28. The molecule has 29 heavy (non-hydrogen) atoms. The predicted molar refractivity (Wildman–Crippen MR) is 116 cm³/mol. The number of nitrogens with zero attached hydrogens (tertiary/aromatic N) is 2. The molecule has 6 heteroatoms. The van der Waals surface area contributed by atoms with Gasteiger partial charge in [-0.2, -0.15) is 0 Å². The molecule has 3 N–H and O–H groups in total. The fourth-order valence-electron chi connectivity index (χ4n) is 4.04. The van der Waals surface area contributed by atoms with E-state index in [2.05, 4.69) is 56.5 Å². The van der Waals surface area contributed by atoms with Crippen LogP contribution >= 0.6 is 0 Å². The first kappa shape index (κ1) is 19.8. The monoisotopic (exact) mass is 391 g/mol. The molecule has 6 nitrogen and oxygen atoms in total. The maximum atomic E-state index is 5.33. The fraction of sp³-hybridized carbons (Fsp3) is 0.391. The quantitative estimate of drug-likeness (QED) is 0.538. The lowest BCUT2D eigenvalue weighted by Crippen LogP contribution is -2.30. The van der Waals surface area contributed by atoms with Gasteiger partial charge in [0.05, 0.1) is 13.2 Å². The molecule has 152 valence electrons. The molecule has 3 aromatic rings. The highest BCUT2D eigenvalue weighted by molar-refractivity contribution is 5.84. The largest absolute Gasteiger partial charge is 0.497 e. The van der Waals surface area contributed by atoms with Crippen LogP contribution in [0.1, 0.15) is 28.8 Å². The standard InChI is InChI=1S/C23H29N5O/c1-15-10-16(2)27-22(26-15)8-9-24-13-20-14-25-28-23(20)19-5-4-18-12-21(29-3)7-6-17(18)11-19/h4-7,10-12,20,23-25,28H,8-9,13-14H2,1-3H3. The van der Waals surface area contributed by atoms with Crippen molar-refractivity contribution < 1.29 is 4.74 Å². The van der Waals surface area contributed by atoms with E-state index in [0.29, 0.717) is 5.92 Å². The van der Waals surface area contributed by atoms with Crippen LogP contribution in [0.15, 0.2) is 42.5 Å². The second-order valence-electron chi connectivity index (χ2n) is 7.76. The average molecular weight is 392 g/mol. The third-order valence-electron chi connectivity index (χ3n) is 5.48. The van der Waals surface area contributed by atoms with Gasteiger partial charge in [-0.1, -0.05) is 18.2 Å². The summed E-state index contributed by atoms with van der Waals surface area (Å²) in [6.45, 7) is 6.80. The van der Waals surface area contributed by atoms with E-state index in [1.165, 1.54) is 16.3 Å². The Balaban J connectivity index is 1.37. The summed E-state index contributed by atoms with van der Waals surface area (Å²) in [6, 6.07) is 15.2. The van der Waals surface area contributed by atoms with Crippen molar-refractivity contribution in [1.29, 1.82) is 0 Å². The molecule has 4 rings (SSSR count). The Hall–Kier alpha value is -2.54. The minimum absolute atomic E-state index is 0.284. The van der Waals surface area contributed by atoms with Crippen LogP contribution in [-0.4, -0.2) is 36.7 Å². The maximum Gasteiger partial charge on any atom is 0.130 e. The third-order valence-corrected chi connectivity index (χ3v) is 5.48. The molecule has 2 unspecified atom stereocenters. The summed E-state index contributed by atoms with van der Waals surface area (Å²) < 4.78 is 5.33. The molecule has 0 aliphatic carbocycles. The van der Waals surface area contributed by atoms with Crippen molar-refractivity contribution in [2.45, 2.75) is 26.3 Å². The molecule has 1 aromatic heterocycles. The molecule has 0 bridgehead atoms. The Morgan fingerprint density at radius 1 is 1.03 bits per heavy atom. The van der Waals surface area contributed by atoms with E-state index in [1.54, 1.807) is 7.11 Å². The zero-order valence-electron chi connectivity index (χ0n) is 17.3. The molecule has 2 aromatic carbocycles. The van der Waals surface area contributed by atoms with E-state index in [1.807, 2.05) is 26.0 Å². The summed E-state index contributed by atoms with van der Waals surface area (Å²) in [4.78, 5) is 9.04. The van der Waals surface area contributed by atoms with Crippen LogP contribution in [0.3, 0.4) is 0 Å². The van der Waals surface area contributed by atoms with Crippen molar-refractivity contribution in [3.8, 4) is 5.75 Å². The molecule has 0 saturated carbocycles. The lowest BCUT2D eigenvalue weighted by molar-refractivity contribution is 0.415. The van der Waals surface area contributed by atoms with E-state index >= 15 is 0 Å². The Kier molecular flexibility index (Phi) is 6.04. The van der Waals surface area contributed by atoms with Crippen LogP contribution in [-0.2, 0) is 6.42 Å². The highest BCUT2D eigenvalue weighted by atomic mass is 16.5. The van der Waals surface area contributed by atoms with Crippen LogP contribution < -0.4 is 20.9 Å². The van der Waals surface area contributed by atoms with Gasteiger partial charge < -0.3 is 10.1 Å². The molecule has 0 amide bonds. The number of fused-ring (bicyclic) bond motifs is 1. The zero-order valence-corrected chi connectivity index (χ0v) is 17.3. The van der Waals surface area contributed by atoms with E-state index in [0.717, 1.165) is 49.0 Å². The van der Waals surface area contributed by atoms with Gasteiger partial charge in [-0.25, -0.2) is 15.4 Å². The minimum Gasteiger partial charge on any atom is -0.497 e. The van der Waals surface area contributed by atoms with Crippen molar-refractivity contribution >= 4 is 10.8 Å². The highest BCUT2D eigenvalue weighted by Gasteiger charge is 2.27. The first-order chi connectivity index (χ1) is 14.1. The number of benzene rings is 2. The number of ether oxygens (including phenoxy) is 1. The number of hydrazine groups is 1. The molecular formula is C23H29N5O. The third kappa shape index (κ3) is 4.72. The van der Waals surface area contributed by atoms with Crippen LogP contribution in [0.2, 0.25) is 0 Å². The van der Waals surface area contributed by atoms with Crippen LogP contribution in [0.4, 0.5) is 0 Å². The van der Waals surface area contributed by atoms with Crippen molar-refractivity contribution in [3.05, 3.63) is 65.2 Å². The van der Waals surface area contributed by atoms with Gasteiger partial charge in [0.2, 0.25) is 0 Å². The Morgan fingerprint density at radius 3 is 2.59 bits per heavy atom. The highest BCUT2D eigenvalue weighted by Crippen LogP contribution is 2.29. The Bertz CT molecular complexity index is 970. The second-order valence-corrected chi connectivity index (χ2v) is 7.76. The second kappa shape index (κ2) is 8.86. The minimum atomic E-state index is 0.284. The molecule has 2 atom stereocenters. The molecule has 0 radical (unpaired) electrons. The summed E-state index contributed by atoms with van der Waals surface area (Å²) in [6.07, 6.45) is 0.846. The number of hydrogen-bond donors (Lipinski definition) is 3. The lowest BCUT2D eigenvalue weighted by atomic mass is 9.93. The average Bonchev–Trinajstić information content (AvgIpc) is 3.18. The Morgan fingerprint density at radius 2 is 1.79 bits per heavy atom. The summed E-state index contributed by atoms with van der Waals surface area (Å²) in [7, 11) is 1.70.